The molecule has 0 aromatic heterocycles. The van der Waals surface area contributed by atoms with E-state index in [1.807, 2.05) is 18.2 Å². The number of carbonyl (C=O) groups excluding carboxylic acids is 4. The number of carbonyl (C=O) groups is 4. The first-order valence-electron chi connectivity index (χ1n) is 6.14. The first-order valence-corrected chi connectivity index (χ1v) is 6.14. The number of aliphatic carboxylic acids is 3. The van der Waals surface area contributed by atoms with Crippen LogP contribution in [0.5, 0.6) is 5.75 Å². The monoisotopic (exact) mass is 394 g/mol. The molecule has 0 saturated carbocycles. The fraction of sp³-hybridized carbons (Fsp3) is 0.286. The van der Waals surface area contributed by atoms with Crippen molar-refractivity contribution in [2.45, 2.75) is 25.4 Å². The van der Waals surface area contributed by atoms with E-state index in [4.69, 9.17) is 9.84 Å². The van der Waals surface area contributed by atoms with Gasteiger partial charge in [-0.2, -0.15) is 0 Å². The van der Waals surface area contributed by atoms with E-state index >= 15 is 0 Å². The van der Waals surface area contributed by atoms with Gasteiger partial charge in [0.1, 0.15) is 11.4 Å². The predicted molar refractivity (Wildman–Crippen MR) is 67.0 cm³/mol. The Morgan fingerprint density at radius 3 is 1.58 bits per heavy atom. The predicted octanol–water partition coefficient (Wildman–Crippen LogP) is -12.6. The van der Waals surface area contributed by atoms with E-state index in [9.17, 15) is 34.5 Å². The number of hydrogen-bond donors (Lipinski definition) is 1. The Balaban J connectivity index is -0.000000170. The second kappa shape index (κ2) is 17.2. The van der Waals surface area contributed by atoms with Gasteiger partial charge in [-0.1, -0.05) is 18.2 Å². The SMILES string of the molecule is CC(=O)Oc1ccccc1.O=C([O-])CC(O)(CC(=O)[O-])C(=O)[O-].[Na+].[Na+].[Na+]. The van der Waals surface area contributed by atoms with E-state index in [1.165, 1.54) is 6.92 Å². The van der Waals surface area contributed by atoms with Crippen LogP contribution in [0.2, 0.25) is 0 Å². The summed E-state index contributed by atoms with van der Waals surface area (Å²) in [6, 6.07) is 8.98. The third kappa shape index (κ3) is 16.2. The number of para-hydroxylation sites is 1. The fourth-order valence-electron chi connectivity index (χ4n) is 1.34. The van der Waals surface area contributed by atoms with Gasteiger partial charge in [0.2, 0.25) is 0 Å². The van der Waals surface area contributed by atoms with E-state index in [2.05, 4.69) is 0 Å². The molecular formula is C14H13Na3O9. The van der Waals surface area contributed by atoms with Crippen molar-refractivity contribution in [1.82, 2.24) is 0 Å². The van der Waals surface area contributed by atoms with Crippen molar-refractivity contribution in [3.8, 4) is 5.75 Å². The summed E-state index contributed by atoms with van der Waals surface area (Å²) in [7, 11) is 0. The Kier molecular flexibility index (Phi) is 22.2. The summed E-state index contributed by atoms with van der Waals surface area (Å²) in [6.45, 7) is 1.38. The molecule has 1 rings (SSSR count). The summed E-state index contributed by atoms with van der Waals surface area (Å²) >= 11 is 0. The van der Waals surface area contributed by atoms with E-state index < -0.39 is 36.4 Å². The third-order valence-corrected chi connectivity index (χ3v) is 2.26. The summed E-state index contributed by atoms with van der Waals surface area (Å²) in [5.41, 5.74) is -2.97. The third-order valence-electron chi connectivity index (χ3n) is 2.26. The molecule has 0 radical (unpaired) electrons. The molecule has 1 N–H and O–H groups in total. The van der Waals surface area contributed by atoms with Crippen molar-refractivity contribution in [2.24, 2.45) is 0 Å². The number of esters is 1. The van der Waals surface area contributed by atoms with Crippen LogP contribution in [0.15, 0.2) is 30.3 Å². The maximum atomic E-state index is 10.4. The molecule has 0 aliphatic carbocycles. The first-order chi connectivity index (χ1) is 10.6. The van der Waals surface area contributed by atoms with Gasteiger partial charge in [-0.05, 0) is 12.1 Å². The van der Waals surface area contributed by atoms with Crippen LogP contribution in [0.4, 0.5) is 0 Å². The van der Waals surface area contributed by atoms with Crippen molar-refractivity contribution >= 4 is 23.9 Å². The van der Waals surface area contributed by atoms with Crippen LogP contribution in [-0.4, -0.2) is 34.6 Å². The molecule has 0 saturated heterocycles. The van der Waals surface area contributed by atoms with Gasteiger partial charge in [0, 0.05) is 31.7 Å². The van der Waals surface area contributed by atoms with Crippen molar-refractivity contribution < 1.29 is 133 Å². The molecule has 0 spiro atoms. The van der Waals surface area contributed by atoms with Gasteiger partial charge in [-0.25, -0.2) is 0 Å². The number of rotatable bonds is 6. The van der Waals surface area contributed by atoms with Crippen LogP contribution in [0.3, 0.4) is 0 Å². The van der Waals surface area contributed by atoms with Gasteiger partial charge < -0.3 is 39.5 Å². The van der Waals surface area contributed by atoms with Crippen molar-refractivity contribution in [3.05, 3.63) is 30.3 Å². The van der Waals surface area contributed by atoms with Gasteiger partial charge in [-0.15, -0.1) is 0 Å². The first kappa shape index (κ1) is 33.6. The average Bonchev–Trinajstić information content (AvgIpc) is 2.37. The van der Waals surface area contributed by atoms with E-state index in [1.54, 1.807) is 12.1 Å². The van der Waals surface area contributed by atoms with E-state index in [0.29, 0.717) is 5.75 Å². The summed E-state index contributed by atoms with van der Waals surface area (Å²) in [6.07, 6.45) is -2.72. The summed E-state index contributed by atoms with van der Waals surface area (Å²) in [5, 5.41) is 38.9. The van der Waals surface area contributed by atoms with Gasteiger partial charge in [-0.3, -0.25) is 4.79 Å². The molecule has 0 aliphatic rings. The second-order valence-corrected chi connectivity index (χ2v) is 4.32. The zero-order valence-corrected chi connectivity index (χ0v) is 21.0. The Labute approximate surface area is 216 Å². The Hall–Kier alpha value is 0.0600. The summed E-state index contributed by atoms with van der Waals surface area (Å²) in [5.74, 6) is -5.68. The van der Waals surface area contributed by atoms with Crippen LogP contribution in [0.1, 0.15) is 19.8 Å². The van der Waals surface area contributed by atoms with Crippen LogP contribution >= 0.6 is 0 Å². The molecule has 12 heteroatoms. The molecule has 9 nitrogen and oxygen atoms in total. The molecule has 0 aliphatic heterocycles. The molecule has 1 aromatic rings. The fourth-order valence-corrected chi connectivity index (χ4v) is 1.34. The summed E-state index contributed by atoms with van der Waals surface area (Å²) < 4.78 is 4.78. The van der Waals surface area contributed by atoms with E-state index in [0.717, 1.165) is 0 Å². The Morgan fingerprint density at radius 1 is 0.923 bits per heavy atom. The molecule has 1 aromatic carbocycles. The van der Waals surface area contributed by atoms with Crippen molar-refractivity contribution in [3.63, 3.8) is 0 Å². The minimum absolute atomic E-state index is 0. The molecule has 0 bridgehead atoms. The summed E-state index contributed by atoms with van der Waals surface area (Å²) in [4.78, 5) is 40.4. The quantitative estimate of drug-likeness (QED) is 0.280. The van der Waals surface area contributed by atoms with Crippen LogP contribution in [-0.2, 0) is 19.2 Å². The average molecular weight is 394 g/mol. The second-order valence-electron chi connectivity index (χ2n) is 4.32. The van der Waals surface area contributed by atoms with Crippen LogP contribution < -0.4 is 109 Å². The van der Waals surface area contributed by atoms with Gasteiger partial charge in [0.25, 0.3) is 0 Å². The maximum Gasteiger partial charge on any atom is 1.00 e. The standard InChI is InChI=1S/C8H8O2.C6H8O7.3Na/c1-7(9)10-8-5-3-2-4-6-8;7-3(8)1-6(13,5(11)12)2-4(9)10;;;/h2-6H,1H3;13H,1-2H2,(H,7,8)(H,9,10)(H,11,12);;;/q;;3*+1/p-3. The topological polar surface area (TPSA) is 167 Å². The molecule has 0 heterocycles. The number of aliphatic hydroxyl groups is 1. The molecular weight excluding hydrogens is 381 g/mol. The molecule has 26 heavy (non-hydrogen) atoms. The van der Waals surface area contributed by atoms with Crippen LogP contribution in [0, 0.1) is 0 Å². The Morgan fingerprint density at radius 2 is 1.31 bits per heavy atom. The molecule has 0 fully saturated rings. The van der Waals surface area contributed by atoms with Crippen molar-refractivity contribution in [2.75, 3.05) is 0 Å². The molecule has 0 amide bonds. The van der Waals surface area contributed by atoms with Gasteiger partial charge in [0.15, 0.2) is 0 Å². The minimum Gasteiger partial charge on any atom is -0.550 e. The molecule has 0 atom stereocenters. The van der Waals surface area contributed by atoms with Gasteiger partial charge in [0.05, 0.1) is 5.97 Å². The van der Waals surface area contributed by atoms with E-state index in [-0.39, 0.29) is 94.6 Å². The maximum absolute atomic E-state index is 10.4. The smallest absolute Gasteiger partial charge is 0.550 e. The number of carboxylic acids is 3. The molecule has 126 valence electrons. The van der Waals surface area contributed by atoms with Crippen LogP contribution in [0.25, 0.3) is 0 Å². The molecule has 0 unspecified atom stereocenters. The number of carboxylic acid groups (broad SMARTS) is 3. The number of benzene rings is 1. The normalized spacial score (nSPS) is 8.85. The van der Waals surface area contributed by atoms with Gasteiger partial charge >= 0.3 is 94.6 Å². The van der Waals surface area contributed by atoms with Crippen molar-refractivity contribution in [1.29, 1.82) is 0 Å². The Bertz CT molecular complexity index is 562. The zero-order valence-electron chi connectivity index (χ0n) is 15.0. The number of hydrogen-bond acceptors (Lipinski definition) is 9. The minimum atomic E-state index is -2.97. The number of ether oxygens (including phenoxy) is 1. The largest absolute Gasteiger partial charge is 1.00 e. The zero-order chi connectivity index (χ0) is 18.0.